The second-order valence-electron chi connectivity index (χ2n) is 5.56. The van der Waals surface area contributed by atoms with E-state index in [0.717, 1.165) is 5.56 Å². The molecule has 2 amide bonds. The van der Waals surface area contributed by atoms with E-state index in [9.17, 15) is 9.59 Å². The first-order valence-electron chi connectivity index (χ1n) is 8.03. The number of aliphatic hydroxyl groups is 1. The largest absolute Gasteiger partial charge is 0.497 e. The van der Waals surface area contributed by atoms with E-state index in [-0.39, 0.29) is 25.0 Å². The van der Waals surface area contributed by atoms with Crippen molar-refractivity contribution in [2.24, 2.45) is 0 Å². The first kappa shape index (κ1) is 18.2. The minimum atomic E-state index is -0.344. The zero-order chi connectivity index (χ0) is 18.5. The van der Waals surface area contributed by atoms with Crippen LogP contribution in [0.1, 0.15) is 11.1 Å². The first-order valence-corrected chi connectivity index (χ1v) is 9.01. The predicted molar refractivity (Wildman–Crippen MR) is 99.3 cm³/mol. The summed E-state index contributed by atoms with van der Waals surface area (Å²) in [6, 6.07) is 10.6. The van der Waals surface area contributed by atoms with Crippen molar-refractivity contribution in [3.05, 3.63) is 64.8 Å². The van der Waals surface area contributed by atoms with E-state index in [1.807, 2.05) is 6.07 Å². The highest BCUT2D eigenvalue weighted by atomic mass is 32.2. The topological polar surface area (TPSA) is 79.7 Å². The molecular weight excluding hydrogens is 352 g/mol. The average molecular weight is 370 g/mol. The van der Waals surface area contributed by atoms with E-state index in [1.54, 1.807) is 49.8 Å². The molecule has 0 saturated carbocycles. The van der Waals surface area contributed by atoms with Crippen molar-refractivity contribution in [3.8, 4) is 5.75 Å². The molecule has 1 aliphatic heterocycles. The Morgan fingerprint density at radius 3 is 2.54 bits per heavy atom. The molecule has 7 heteroatoms. The molecule has 3 rings (SSSR count). The number of amides is 2. The van der Waals surface area contributed by atoms with Crippen LogP contribution in [0.2, 0.25) is 0 Å². The van der Waals surface area contributed by atoms with Crippen LogP contribution in [0, 0.1) is 0 Å². The summed E-state index contributed by atoms with van der Waals surface area (Å²) in [6.45, 7) is 0.0858. The highest BCUT2D eigenvalue weighted by molar-refractivity contribution is 8.04. The van der Waals surface area contributed by atoms with Gasteiger partial charge in [-0.1, -0.05) is 18.2 Å². The number of imide groups is 1. The van der Waals surface area contributed by atoms with Crippen LogP contribution >= 0.6 is 11.8 Å². The van der Waals surface area contributed by atoms with Crippen molar-refractivity contribution in [2.75, 3.05) is 19.5 Å². The molecule has 2 aromatic rings. The Morgan fingerprint density at radius 2 is 1.92 bits per heavy atom. The van der Waals surface area contributed by atoms with Crippen LogP contribution < -0.4 is 4.74 Å². The molecule has 0 aliphatic carbocycles. The number of carbonyl (C=O) groups is 2. The van der Waals surface area contributed by atoms with Crippen molar-refractivity contribution in [1.82, 2.24) is 9.88 Å². The molecule has 0 bridgehead atoms. The van der Waals surface area contributed by atoms with Gasteiger partial charge in [0.1, 0.15) is 5.75 Å². The summed E-state index contributed by atoms with van der Waals surface area (Å²) in [5.74, 6) is 0.324. The summed E-state index contributed by atoms with van der Waals surface area (Å²) in [4.78, 5) is 31.4. The normalized spacial score (nSPS) is 14.3. The lowest BCUT2D eigenvalue weighted by atomic mass is 10.1. The maximum Gasteiger partial charge on any atom is 0.268 e. The molecule has 0 saturated heterocycles. The van der Waals surface area contributed by atoms with Gasteiger partial charge in [-0.3, -0.25) is 19.5 Å². The monoisotopic (exact) mass is 370 g/mol. The second kappa shape index (κ2) is 8.16. The van der Waals surface area contributed by atoms with Gasteiger partial charge in [0.2, 0.25) is 0 Å². The van der Waals surface area contributed by atoms with Gasteiger partial charge in [0.05, 0.1) is 30.7 Å². The molecule has 26 heavy (non-hydrogen) atoms. The molecule has 1 aromatic heterocycles. The summed E-state index contributed by atoms with van der Waals surface area (Å²) in [6.07, 6.45) is 3.27. The summed E-state index contributed by atoms with van der Waals surface area (Å²) < 4.78 is 5.15. The van der Waals surface area contributed by atoms with Crippen LogP contribution in [0.3, 0.4) is 0 Å². The first-order chi connectivity index (χ1) is 12.7. The zero-order valence-corrected chi connectivity index (χ0v) is 15.0. The summed E-state index contributed by atoms with van der Waals surface area (Å²) in [7, 11) is 1.57. The molecule has 1 aromatic carbocycles. The Balaban J connectivity index is 1.95. The van der Waals surface area contributed by atoms with Crippen molar-refractivity contribution < 1.29 is 19.4 Å². The lowest BCUT2D eigenvalue weighted by Crippen LogP contribution is -2.31. The maximum atomic E-state index is 13.0. The van der Waals surface area contributed by atoms with Crippen LogP contribution in [0.25, 0.3) is 5.57 Å². The third-order valence-corrected chi connectivity index (χ3v) is 4.96. The third kappa shape index (κ3) is 3.63. The lowest BCUT2D eigenvalue weighted by molar-refractivity contribution is -0.137. The Morgan fingerprint density at radius 1 is 1.15 bits per heavy atom. The highest BCUT2D eigenvalue weighted by Crippen LogP contribution is 2.37. The molecule has 6 nitrogen and oxygen atoms in total. The molecule has 0 fully saturated rings. The molecule has 1 N–H and O–H groups in total. The molecule has 0 atom stereocenters. The van der Waals surface area contributed by atoms with Crippen LogP contribution in [-0.4, -0.2) is 46.3 Å². The molecule has 134 valence electrons. The van der Waals surface area contributed by atoms with Crippen molar-refractivity contribution >= 4 is 29.1 Å². The van der Waals surface area contributed by atoms with E-state index in [0.29, 0.717) is 27.5 Å². The third-order valence-electron chi connectivity index (χ3n) is 3.91. The van der Waals surface area contributed by atoms with Crippen LogP contribution in [0.5, 0.6) is 5.75 Å². The van der Waals surface area contributed by atoms with Gasteiger partial charge >= 0.3 is 0 Å². The number of hydrogen-bond donors (Lipinski definition) is 1. The highest BCUT2D eigenvalue weighted by Gasteiger charge is 2.39. The zero-order valence-electron chi connectivity index (χ0n) is 14.2. The standard InChI is InChI=1S/C19H18N2O4S/c1-25-15-6-4-14(5-7-15)16-17(26-10-9-22)19(24)21(18(16)23)12-13-3-2-8-20-11-13/h2-8,11,22H,9-10,12H2,1H3. The number of aromatic nitrogens is 1. The fourth-order valence-corrected chi connectivity index (χ4v) is 3.54. The Bertz CT molecular complexity index is 834. The van der Waals surface area contributed by atoms with Gasteiger partial charge in [0.25, 0.3) is 11.8 Å². The van der Waals surface area contributed by atoms with Gasteiger partial charge in [-0.25, -0.2) is 0 Å². The van der Waals surface area contributed by atoms with Gasteiger partial charge in [0, 0.05) is 18.1 Å². The number of methoxy groups -OCH3 is 1. The number of hydrogen-bond acceptors (Lipinski definition) is 6. The number of pyridine rings is 1. The SMILES string of the molecule is COc1ccc(C2=C(SCCO)C(=O)N(Cc3cccnc3)C2=O)cc1. The molecule has 0 radical (unpaired) electrons. The molecule has 1 aliphatic rings. The number of aliphatic hydroxyl groups excluding tert-OH is 1. The Labute approximate surface area is 155 Å². The summed E-state index contributed by atoms with van der Waals surface area (Å²) in [5, 5.41) is 9.13. The molecular formula is C19H18N2O4S. The number of rotatable bonds is 7. The minimum absolute atomic E-state index is 0.0753. The summed E-state index contributed by atoms with van der Waals surface area (Å²) in [5.41, 5.74) is 1.79. The fourth-order valence-electron chi connectivity index (χ4n) is 2.67. The fraction of sp³-hybridized carbons (Fsp3) is 0.211. The maximum absolute atomic E-state index is 13.0. The van der Waals surface area contributed by atoms with Crippen LogP contribution in [0.4, 0.5) is 0 Å². The predicted octanol–water partition coefficient (Wildman–Crippen LogP) is 2.10. The number of carbonyl (C=O) groups excluding carboxylic acids is 2. The number of thioether (sulfide) groups is 1. The second-order valence-corrected chi connectivity index (χ2v) is 6.67. The van der Waals surface area contributed by atoms with Gasteiger partial charge in [-0.05, 0) is 29.3 Å². The number of benzene rings is 1. The van der Waals surface area contributed by atoms with E-state index in [1.165, 1.54) is 16.7 Å². The number of ether oxygens (including phenoxy) is 1. The quantitative estimate of drug-likeness (QED) is 0.752. The lowest BCUT2D eigenvalue weighted by Gasteiger charge is -2.15. The molecule has 0 spiro atoms. The van der Waals surface area contributed by atoms with E-state index in [2.05, 4.69) is 4.98 Å². The van der Waals surface area contributed by atoms with Crippen molar-refractivity contribution in [3.63, 3.8) is 0 Å². The van der Waals surface area contributed by atoms with Gasteiger partial charge < -0.3 is 9.84 Å². The van der Waals surface area contributed by atoms with E-state index >= 15 is 0 Å². The van der Waals surface area contributed by atoms with Gasteiger partial charge in [-0.15, -0.1) is 11.8 Å². The minimum Gasteiger partial charge on any atom is -0.497 e. The van der Waals surface area contributed by atoms with Crippen molar-refractivity contribution in [1.29, 1.82) is 0 Å². The van der Waals surface area contributed by atoms with E-state index < -0.39 is 0 Å². The Kier molecular flexibility index (Phi) is 5.70. The molecule has 2 heterocycles. The Hall–Kier alpha value is -2.64. The molecule has 0 unspecified atom stereocenters. The smallest absolute Gasteiger partial charge is 0.268 e. The summed E-state index contributed by atoms with van der Waals surface area (Å²) >= 11 is 1.19. The van der Waals surface area contributed by atoms with Crippen molar-refractivity contribution in [2.45, 2.75) is 6.54 Å². The van der Waals surface area contributed by atoms with Gasteiger partial charge in [0.15, 0.2) is 0 Å². The van der Waals surface area contributed by atoms with E-state index in [4.69, 9.17) is 9.84 Å². The number of nitrogens with zero attached hydrogens (tertiary/aromatic N) is 2. The van der Waals surface area contributed by atoms with Crippen LogP contribution in [-0.2, 0) is 16.1 Å². The average Bonchev–Trinajstić information content (AvgIpc) is 2.91. The van der Waals surface area contributed by atoms with Crippen LogP contribution in [0.15, 0.2) is 53.7 Å². The van der Waals surface area contributed by atoms with Gasteiger partial charge in [-0.2, -0.15) is 0 Å².